The highest BCUT2D eigenvalue weighted by atomic mass is 16.3. The van der Waals surface area contributed by atoms with E-state index in [0.29, 0.717) is 0 Å². The minimum absolute atomic E-state index is 0.878. The second kappa shape index (κ2) is 11.5. The predicted molar refractivity (Wildman–Crippen MR) is 206 cm³/mol. The largest absolute Gasteiger partial charge is 0.455 e. The van der Waals surface area contributed by atoms with E-state index in [1.807, 2.05) is 36.4 Å². The average molecular weight is 640 g/mol. The zero-order valence-corrected chi connectivity index (χ0v) is 27.0. The lowest BCUT2D eigenvalue weighted by molar-refractivity contribution is 0.670. The van der Waals surface area contributed by atoms with Gasteiger partial charge in [-0.2, -0.15) is 0 Å². The monoisotopic (exact) mass is 639 g/mol. The van der Waals surface area contributed by atoms with Crippen molar-refractivity contribution < 1.29 is 8.83 Å². The quantitative estimate of drug-likeness (QED) is 0.188. The molecule has 10 rings (SSSR count). The third-order valence-corrected chi connectivity index (χ3v) is 9.66. The van der Waals surface area contributed by atoms with E-state index >= 15 is 0 Å². The van der Waals surface area contributed by atoms with Gasteiger partial charge < -0.3 is 8.83 Å². The first-order chi connectivity index (χ1) is 24.8. The first-order valence-electron chi connectivity index (χ1n) is 16.9. The van der Waals surface area contributed by atoms with Crippen LogP contribution in [0.4, 0.5) is 0 Å². The molecule has 0 unspecified atom stereocenters. The van der Waals surface area contributed by atoms with E-state index < -0.39 is 0 Å². The average Bonchev–Trinajstić information content (AvgIpc) is 3.77. The van der Waals surface area contributed by atoms with Crippen molar-refractivity contribution in [3.8, 4) is 55.9 Å². The van der Waals surface area contributed by atoms with Crippen LogP contribution in [0.2, 0.25) is 0 Å². The van der Waals surface area contributed by atoms with Gasteiger partial charge in [0, 0.05) is 43.8 Å². The molecule has 0 aliphatic heterocycles. The zero-order valence-electron chi connectivity index (χ0n) is 27.0. The first kappa shape index (κ1) is 28.3. The van der Waals surface area contributed by atoms with Crippen LogP contribution in [0.5, 0.6) is 0 Å². The number of hydrogen-bond donors (Lipinski definition) is 0. The summed E-state index contributed by atoms with van der Waals surface area (Å²) >= 11 is 0. The molecule has 0 fully saturated rings. The van der Waals surface area contributed by atoms with E-state index in [1.54, 1.807) is 0 Å². The second-order valence-corrected chi connectivity index (χ2v) is 12.7. The molecule has 3 heterocycles. The maximum Gasteiger partial charge on any atom is 0.143 e. The highest BCUT2D eigenvalue weighted by molar-refractivity contribution is 6.11. The summed E-state index contributed by atoms with van der Waals surface area (Å²) in [6, 6.07) is 61.4. The molecular formula is C47H29NO2. The highest BCUT2D eigenvalue weighted by Gasteiger charge is 2.18. The molecule has 3 heteroatoms. The number of benzene rings is 7. The van der Waals surface area contributed by atoms with Crippen molar-refractivity contribution in [3.05, 3.63) is 176 Å². The van der Waals surface area contributed by atoms with E-state index in [0.717, 1.165) is 99.8 Å². The van der Waals surface area contributed by atoms with Gasteiger partial charge in [0.1, 0.15) is 22.3 Å². The van der Waals surface area contributed by atoms with E-state index in [2.05, 4.69) is 140 Å². The molecule has 0 aliphatic carbocycles. The van der Waals surface area contributed by atoms with Crippen LogP contribution >= 0.6 is 0 Å². The van der Waals surface area contributed by atoms with Gasteiger partial charge in [0.15, 0.2) is 0 Å². The lowest BCUT2D eigenvalue weighted by Gasteiger charge is -2.14. The lowest BCUT2D eigenvalue weighted by Crippen LogP contribution is -1.92. The van der Waals surface area contributed by atoms with Gasteiger partial charge in [-0.3, -0.25) is 0 Å². The molecule has 0 atom stereocenters. The number of hydrogen-bond acceptors (Lipinski definition) is 3. The maximum atomic E-state index is 6.56. The van der Waals surface area contributed by atoms with Gasteiger partial charge in [-0.15, -0.1) is 0 Å². The summed E-state index contributed by atoms with van der Waals surface area (Å²) in [6.45, 7) is 0. The van der Waals surface area contributed by atoms with Crippen LogP contribution in [0, 0.1) is 0 Å². The number of furan rings is 2. The van der Waals surface area contributed by atoms with Crippen molar-refractivity contribution in [1.82, 2.24) is 4.98 Å². The minimum Gasteiger partial charge on any atom is -0.455 e. The van der Waals surface area contributed by atoms with E-state index in [-0.39, 0.29) is 0 Å². The summed E-state index contributed by atoms with van der Waals surface area (Å²) in [7, 11) is 0. The van der Waals surface area contributed by atoms with Crippen molar-refractivity contribution in [2.24, 2.45) is 0 Å². The molecule has 0 spiro atoms. The summed E-state index contributed by atoms with van der Waals surface area (Å²) in [5.74, 6) is 0. The zero-order chi connectivity index (χ0) is 33.0. The molecular weight excluding hydrogens is 611 g/mol. The normalized spacial score (nSPS) is 11.6. The van der Waals surface area contributed by atoms with E-state index in [4.69, 9.17) is 13.8 Å². The number of rotatable bonds is 5. The fourth-order valence-corrected chi connectivity index (χ4v) is 7.27. The molecule has 0 radical (unpaired) electrons. The van der Waals surface area contributed by atoms with Gasteiger partial charge >= 0.3 is 0 Å². The topological polar surface area (TPSA) is 39.2 Å². The summed E-state index contributed by atoms with van der Waals surface area (Å²) < 4.78 is 13.1. The first-order valence-corrected chi connectivity index (χ1v) is 16.9. The molecule has 0 bridgehead atoms. The molecule has 234 valence electrons. The third-order valence-electron chi connectivity index (χ3n) is 9.66. The molecule has 3 aromatic heterocycles. The molecule has 0 aliphatic rings. The molecule has 0 saturated carbocycles. The van der Waals surface area contributed by atoms with Crippen LogP contribution in [0.25, 0.3) is 99.8 Å². The SMILES string of the molecule is c1ccc(-c2cc(-c3cc(-c4cccc5c4oc4ccccc45)cc(-c4cccc5c4oc4ccccc45)c3)cc(-c3ccccc3)n2)cc1. The molecule has 10 aromatic rings. The number of pyridine rings is 1. The molecule has 50 heavy (non-hydrogen) atoms. The van der Waals surface area contributed by atoms with Crippen molar-refractivity contribution >= 4 is 43.9 Å². The Morgan fingerprint density at radius 2 is 0.700 bits per heavy atom. The van der Waals surface area contributed by atoms with E-state index in [9.17, 15) is 0 Å². The Morgan fingerprint density at radius 1 is 0.300 bits per heavy atom. The Bertz CT molecular complexity index is 2670. The maximum absolute atomic E-state index is 6.56. The molecule has 0 N–H and O–H groups in total. The van der Waals surface area contributed by atoms with E-state index in [1.165, 1.54) is 0 Å². The lowest BCUT2D eigenvalue weighted by atomic mass is 9.91. The Labute approximate surface area is 288 Å². The summed E-state index contributed by atoms with van der Waals surface area (Å²) in [6.07, 6.45) is 0. The Hall–Kier alpha value is -6.71. The van der Waals surface area contributed by atoms with Gasteiger partial charge in [0.2, 0.25) is 0 Å². The minimum atomic E-state index is 0.878. The summed E-state index contributed by atoms with van der Waals surface area (Å²) in [5, 5.41) is 4.43. The van der Waals surface area contributed by atoms with Crippen LogP contribution in [0.1, 0.15) is 0 Å². The van der Waals surface area contributed by atoms with Crippen LogP contribution in [0.15, 0.2) is 185 Å². The number of fused-ring (bicyclic) bond motifs is 6. The number of aromatic nitrogens is 1. The fourth-order valence-electron chi connectivity index (χ4n) is 7.27. The van der Waals surface area contributed by atoms with Crippen molar-refractivity contribution in [2.75, 3.05) is 0 Å². The van der Waals surface area contributed by atoms with Crippen molar-refractivity contribution in [1.29, 1.82) is 0 Å². The number of nitrogens with zero attached hydrogens (tertiary/aromatic N) is 1. The highest BCUT2D eigenvalue weighted by Crippen LogP contribution is 2.42. The van der Waals surface area contributed by atoms with Gasteiger partial charge in [-0.05, 0) is 64.7 Å². The van der Waals surface area contributed by atoms with Gasteiger partial charge in [-0.1, -0.05) is 133 Å². The molecule has 7 aromatic carbocycles. The second-order valence-electron chi connectivity index (χ2n) is 12.7. The molecule has 3 nitrogen and oxygen atoms in total. The van der Waals surface area contributed by atoms with Crippen molar-refractivity contribution in [3.63, 3.8) is 0 Å². The Kier molecular flexibility index (Phi) is 6.49. The van der Waals surface area contributed by atoms with Crippen LogP contribution in [-0.4, -0.2) is 4.98 Å². The molecule has 0 amide bonds. The summed E-state index contributed by atoms with van der Waals surface area (Å²) in [4.78, 5) is 5.16. The molecule has 0 saturated heterocycles. The third kappa shape index (κ3) is 4.71. The summed E-state index contributed by atoms with van der Waals surface area (Å²) in [5.41, 5.74) is 13.9. The number of para-hydroxylation sites is 4. The Morgan fingerprint density at radius 3 is 1.20 bits per heavy atom. The standard InChI is InChI=1S/C47H29NO2/c1-3-13-30(14-4-1)42-28-33(29-43(48-42)31-15-5-2-6-16-31)32-25-34(36-19-11-21-40-38-17-7-9-23-44(38)49-46(36)40)27-35(26-32)37-20-12-22-41-39-18-8-10-24-45(39)50-47(37)41/h1-29H. The Balaban J connectivity index is 1.26. The van der Waals surface area contributed by atoms with Gasteiger partial charge in [0.25, 0.3) is 0 Å². The van der Waals surface area contributed by atoms with Crippen LogP contribution < -0.4 is 0 Å². The van der Waals surface area contributed by atoms with Gasteiger partial charge in [-0.25, -0.2) is 4.98 Å². The smallest absolute Gasteiger partial charge is 0.143 e. The van der Waals surface area contributed by atoms with Crippen LogP contribution in [-0.2, 0) is 0 Å². The fraction of sp³-hybridized carbons (Fsp3) is 0. The van der Waals surface area contributed by atoms with Crippen molar-refractivity contribution in [2.45, 2.75) is 0 Å². The van der Waals surface area contributed by atoms with Crippen LogP contribution in [0.3, 0.4) is 0 Å². The van der Waals surface area contributed by atoms with Gasteiger partial charge in [0.05, 0.1) is 11.4 Å². The predicted octanol–water partition coefficient (Wildman–Crippen LogP) is 13.2.